The highest BCUT2D eigenvalue weighted by Crippen LogP contribution is 2.28. The molecule has 1 aromatic carbocycles. The summed E-state index contributed by atoms with van der Waals surface area (Å²) in [6.07, 6.45) is 1.61. The van der Waals surface area contributed by atoms with E-state index >= 15 is 0 Å². The number of halogens is 1. The second-order valence-corrected chi connectivity index (χ2v) is 5.47. The smallest absolute Gasteiger partial charge is 0.303 e. The fourth-order valence-electron chi connectivity index (χ4n) is 1.93. The molecule has 0 aliphatic rings. The van der Waals surface area contributed by atoms with Crippen LogP contribution >= 0.6 is 15.9 Å². The van der Waals surface area contributed by atoms with Gasteiger partial charge in [0.05, 0.1) is 6.10 Å². The number of hydrogen-bond donors (Lipinski definition) is 2. The molecule has 1 aromatic rings. The number of aryl methyl sites for hydroxylation is 2. The topological polar surface area (TPSA) is 57.5 Å². The lowest BCUT2D eigenvalue weighted by Gasteiger charge is -2.15. The van der Waals surface area contributed by atoms with E-state index in [0.717, 1.165) is 27.6 Å². The molecule has 1 atom stereocenters. The van der Waals surface area contributed by atoms with Crippen LogP contribution in [0.1, 0.15) is 48.5 Å². The second-order valence-electron chi connectivity index (χ2n) is 4.61. The van der Waals surface area contributed by atoms with E-state index in [1.165, 1.54) is 0 Å². The van der Waals surface area contributed by atoms with Gasteiger partial charge in [0.1, 0.15) is 0 Å². The van der Waals surface area contributed by atoms with E-state index in [9.17, 15) is 9.90 Å². The Morgan fingerprint density at radius 2 is 1.94 bits per heavy atom. The van der Waals surface area contributed by atoms with Crippen LogP contribution < -0.4 is 0 Å². The number of carboxylic acid groups (broad SMARTS) is 1. The molecule has 0 bridgehead atoms. The lowest BCUT2D eigenvalue weighted by molar-refractivity contribution is -0.137. The lowest BCUT2D eigenvalue weighted by Crippen LogP contribution is -2.02. The van der Waals surface area contributed by atoms with Gasteiger partial charge in [-0.2, -0.15) is 0 Å². The monoisotopic (exact) mass is 314 g/mol. The van der Waals surface area contributed by atoms with E-state index in [2.05, 4.69) is 15.9 Å². The lowest BCUT2D eigenvalue weighted by atomic mass is 9.97. The minimum absolute atomic E-state index is 0.172. The molecule has 3 nitrogen and oxygen atoms in total. The van der Waals surface area contributed by atoms with E-state index in [0.29, 0.717) is 12.8 Å². The number of unbranched alkanes of at least 4 members (excludes halogenated alkanes) is 1. The first-order valence-corrected chi connectivity index (χ1v) is 6.87. The van der Waals surface area contributed by atoms with Crippen molar-refractivity contribution >= 4 is 21.9 Å². The van der Waals surface area contributed by atoms with Crippen molar-refractivity contribution in [3.05, 3.63) is 33.3 Å². The Kier molecular flexibility index (Phi) is 5.82. The van der Waals surface area contributed by atoms with Crippen molar-refractivity contribution in [2.45, 2.75) is 45.6 Å². The minimum atomic E-state index is -0.778. The molecule has 18 heavy (non-hydrogen) atoms. The standard InChI is InChI=1S/C14H19BrO3/c1-9-8-12(15)10(2)7-11(9)13(16)5-3-4-6-14(17)18/h7-8,13,16H,3-6H2,1-2H3,(H,17,18). The summed E-state index contributed by atoms with van der Waals surface area (Å²) >= 11 is 3.46. The molecule has 0 amide bonds. The van der Waals surface area contributed by atoms with Gasteiger partial charge in [-0.05, 0) is 55.9 Å². The second kappa shape index (κ2) is 6.90. The van der Waals surface area contributed by atoms with Crippen LogP contribution in [0, 0.1) is 13.8 Å². The highest BCUT2D eigenvalue weighted by atomic mass is 79.9. The number of rotatable bonds is 6. The molecule has 0 aliphatic carbocycles. The van der Waals surface area contributed by atoms with Crippen LogP contribution in [-0.4, -0.2) is 16.2 Å². The first kappa shape index (κ1) is 15.2. The Labute approximate surface area is 116 Å². The number of hydrogen-bond acceptors (Lipinski definition) is 2. The molecule has 2 N–H and O–H groups in total. The number of aliphatic hydroxyl groups is 1. The van der Waals surface area contributed by atoms with Crippen molar-refractivity contribution in [2.24, 2.45) is 0 Å². The van der Waals surface area contributed by atoms with Crippen LogP contribution in [0.15, 0.2) is 16.6 Å². The first-order chi connectivity index (χ1) is 8.41. The highest BCUT2D eigenvalue weighted by Gasteiger charge is 2.12. The molecule has 0 aliphatic heterocycles. The average molecular weight is 315 g/mol. The van der Waals surface area contributed by atoms with Gasteiger partial charge in [-0.3, -0.25) is 4.79 Å². The number of aliphatic carboxylic acids is 1. The van der Waals surface area contributed by atoms with Crippen LogP contribution in [0.3, 0.4) is 0 Å². The zero-order chi connectivity index (χ0) is 13.7. The maximum Gasteiger partial charge on any atom is 0.303 e. The summed E-state index contributed by atoms with van der Waals surface area (Å²) in [5, 5.41) is 18.7. The molecule has 0 radical (unpaired) electrons. The predicted octanol–water partition coefficient (Wildman–Crippen LogP) is 3.74. The molecule has 100 valence electrons. The van der Waals surface area contributed by atoms with Gasteiger partial charge in [0, 0.05) is 10.9 Å². The van der Waals surface area contributed by atoms with Crippen molar-refractivity contribution in [3.8, 4) is 0 Å². The number of carbonyl (C=O) groups is 1. The van der Waals surface area contributed by atoms with E-state index in [4.69, 9.17) is 5.11 Å². The van der Waals surface area contributed by atoms with E-state index in [1.54, 1.807) is 0 Å². The van der Waals surface area contributed by atoms with Crippen LogP contribution in [0.4, 0.5) is 0 Å². The molecule has 4 heteroatoms. The van der Waals surface area contributed by atoms with E-state index < -0.39 is 12.1 Å². The Morgan fingerprint density at radius 1 is 1.28 bits per heavy atom. The summed E-state index contributed by atoms with van der Waals surface area (Å²) in [6.45, 7) is 3.96. The maximum atomic E-state index is 10.4. The molecule has 0 aromatic heterocycles. The zero-order valence-electron chi connectivity index (χ0n) is 10.7. The molecule has 1 unspecified atom stereocenters. The summed E-state index contributed by atoms with van der Waals surface area (Å²) in [5.74, 6) is -0.778. The summed E-state index contributed by atoms with van der Waals surface area (Å²) < 4.78 is 1.04. The molecule has 0 heterocycles. The van der Waals surface area contributed by atoms with Gasteiger partial charge in [-0.1, -0.05) is 22.0 Å². The minimum Gasteiger partial charge on any atom is -0.481 e. The molecule has 0 fully saturated rings. The average Bonchev–Trinajstić information content (AvgIpc) is 2.28. The fourth-order valence-corrected chi connectivity index (χ4v) is 2.39. The third-order valence-corrected chi connectivity index (χ3v) is 3.88. The quantitative estimate of drug-likeness (QED) is 0.786. The predicted molar refractivity (Wildman–Crippen MR) is 74.7 cm³/mol. The third-order valence-electron chi connectivity index (χ3n) is 3.02. The molecular formula is C14H19BrO3. The molecular weight excluding hydrogens is 296 g/mol. The molecule has 0 saturated heterocycles. The van der Waals surface area contributed by atoms with E-state index in [1.807, 2.05) is 26.0 Å². The molecule has 0 saturated carbocycles. The normalized spacial score (nSPS) is 12.4. The van der Waals surface area contributed by atoms with Gasteiger partial charge in [0.2, 0.25) is 0 Å². The summed E-state index contributed by atoms with van der Waals surface area (Å²) in [6, 6.07) is 3.99. The summed E-state index contributed by atoms with van der Waals surface area (Å²) in [4.78, 5) is 10.4. The van der Waals surface area contributed by atoms with Gasteiger partial charge in [0.25, 0.3) is 0 Å². The maximum absolute atomic E-state index is 10.4. The van der Waals surface area contributed by atoms with Gasteiger partial charge in [-0.15, -0.1) is 0 Å². The Balaban J connectivity index is 2.58. The van der Waals surface area contributed by atoms with Gasteiger partial charge >= 0.3 is 5.97 Å². The molecule has 1 rings (SSSR count). The summed E-state index contributed by atoms with van der Waals surface area (Å²) in [5.41, 5.74) is 3.09. The fraction of sp³-hybridized carbons (Fsp3) is 0.500. The zero-order valence-corrected chi connectivity index (χ0v) is 12.3. The van der Waals surface area contributed by atoms with Crippen LogP contribution in [-0.2, 0) is 4.79 Å². The van der Waals surface area contributed by atoms with Crippen LogP contribution in [0.5, 0.6) is 0 Å². The number of benzene rings is 1. The van der Waals surface area contributed by atoms with E-state index in [-0.39, 0.29) is 6.42 Å². The van der Waals surface area contributed by atoms with Crippen molar-refractivity contribution in [2.75, 3.05) is 0 Å². The Bertz CT molecular complexity index is 429. The van der Waals surface area contributed by atoms with Crippen LogP contribution in [0.2, 0.25) is 0 Å². The number of aliphatic hydroxyl groups excluding tert-OH is 1. The SMILES string of the molecule is Cc1cc(C(O)CCCCC(=O)O)c(C)cc1Br. The van der Waals surface area contributed by atoms with Gasteiger partial charge < -0.3 is 10.2 Å². The Morgan fingerprint density at radius 3 is 2.56 bits per heavy atom. The highest BCUT2D eigenvalue weighted by molar-refractivity contribution is 9.10. The van der Waals surface area contributed by atoms with Crippen molar-refractivity contribution < 1.29 is 15.0 Å². The largest absolute Gasteiger partial charge is 0.481 e. The van der Waals surface area contributed by atoms with Crippen molar-refractivity contribution in [1.82, 2.24) is 0 Å². The van der Waals surface area contributed by atoms with Crippen molar-refractivity contribution in [3.63, 3.8) is 0 Å². The number of carboxylic acids is 1. The summed E-state index contributed by atoms with van der Waals surface area (Å²) in [7, 11) is 0. The van der Waals surface area contributed by atoms with Crippen LogP contribution in [0.25, 0.3) is 0 Å². The Hall–Kier alpha value is -0.870. The van der Waals surface area contributed by atoms with Gasteiger partial charge in [0.15, 0.2) is 0 Å². The third kappa shape index (κ3) is 4.42. The van der Waals surface area contributed by atoms with Crippen molar-refractivity contribution in [1.29, 1.82) is 0 Å². The molecule has 0 spiro atoms. The first-order valence-electron chi connectivity index (χ1n) is 6.08. The van der Waals surface area contributed by atoms with Gasteiger partial charge in [-0.25, -0.2) is 0 Å².